The number of aromatic nitrogens is 2. The third-order valence-corrected chi connectivity index (χ3v) is 5.15. The second-order valence-electron chi connectivity index (χ2n) is 7.46. The molecule has 1 heterocycles. The SMILES string of the molecule is Cc1ccc(OCCn2c(CCNC(=O)c3ccc(F)cc3F)nc3ccccc32)cc1. The summed E-state index contributed by atoms with van der Waals surface area (Å²) in [5.74, 6) is -0.606. The number of aryl methyl sites for hydroxylation is 1. The molecule has 0 radical (unpaired) electrons. The molecule has 4 rings (SSSR count). The lowest BCUT2D eigenvalue weighted by molar-refractivity contribution is 0.0949. The number of halogens is 2. The van der Waals surface area contributed by atoms with Crippen LogP contribution in [0, 0.1) is 18.6 Å². The van der Waals surface area contributed by atoms with Crippen LogP contribution >= 0.6 is 0 Å². The van der Waals surface area contributed by atoms with E-state index in [0.29, 0.717) is 25.6 Å². The smallest absolute Gasteiger partial charge is 0.254 e. The van der Waals surface area contributed by atoms with Gasteiger partial charge in [-0.1, -0.05) is 29.8 Å². The van der Waals surface area contributed by atoms with Crippen LogP contribution in [0.3, 0.4) is 0 Å². The number of imidazole rings is 1. The van der Waals surface area contributed by atoms with Gasteiger partial charge in [0.15, 0.2) is 0 Å². The molecule has 0 fully saturated rings. The van der Waals surface area contributed by atoms with Crippen molar-refractivity contribution in [2.45, 2.75) is 19.9 Å². The molecule has 7 heteroatoms. The molecule has 32 heavy (non-hydrogen) atoms. The highest BCUT2D eigenvalue weighted by Crippen LogP contribution is 2.17. The number of nitrogens with zero attached hydrogens (tertiary/aromatic N) is 2. The molecule has 0 bridgehead atoms. The second kappa shape index (κ2) is 9.60. The molecule has 0 spiro atoms. The first-order valence-corrected chi connectivity index (χ1v) is 10.4. The summed E-state index contributed by atoms with van der Waals surface area (Å²) in [4.78, 5) is 16.9. The van der Waals surface area contributed by atoms with E-state index in [2.05, 4.69) is 14.9 Å². The number of amides is 1. The van der Waals surface area contributed by atoms with Gasteiger partial charge in [-0.3, -0.25) is 4.79 Å². The molecule has 1 aromatic heterocycles. The Morgan fingerprint density at radius 2 is 1.84 bits per heavy atom. The highest BCUT2D eigenvalue weighted by Gasteiger charge is 2.14. The Kier molecular flexibility index (Phi) is 6.44. The molecule has 0 saturated heterocycles. The molecular weight excluding hydrogens is 412 g/mol. The third kappa shape index (κ3) is 4.94. The van der Waals surface area contributed by atoms with Crippen molar-refractivity contribution in [1.29, 1.82) is 0 Å². The first-order chi connectivity index (χ1) is 15.5. The topological polar surface area (TPSA) is 56.1 Å². The van der Waals surface area contributed by atoms with Gasteiger partial charge in [-0.25, -0.2) is 13.8 Å². The van der Waals surface area contributed by atoms with Crippen LogP contribution < -0.4 is 10.1 Å². The van der Waals surface area contributed by atoms with E-state index in [0.717, 1.165) is 34.7 Å². The van der Waals surface area contributed by atoms with Crippen LogP contribution in [-0.4, -0.2) is 28.6 Å². The van der Waals surface area contributed by atoms with Gasteiger partial charge in [0.25, 0.3) is 5.91 Å². The molecule has 5 nitrogen and oxygen atoms in total. The third-order valence-electron chi connectivity index (χ3n) is 5.15. The van der Waals surface area contributed by atoms with Crippen molar-refractivity contribution in [2.24, 2.45) is 0 Å². The number of carbonyl (C=O) groups is 1. The van der Waals surface area contributed by atoms with E-state index in [-0.39, 0.29) is 12.1 Å². The minimum Gasteiger partial charge on any atom is -0.492 e. The molecule has 0 aliphatic carbocycles. The Hall–Kier alpha value is -3.74. The van der Waals surface area contributed by atoms with Crippen molar-refractivity contribution in [1.82, 2.24) is 14.9 Å². The van der Waals surface area contributed by atoms with Crippen LogP contribution in [0.1, 0.15) is 21.7 Å². The van der Waals surface area contributed by atoms with Crippen molar-refractivity contribution >= 4 is 16.9 Å². The Bertz CT molecular complexity index is 1240. The van der Waals surface area contributed by atoms with Gasteiger partial charge in [0.1, 0.15) is 29.8 Å². The first kappa shape index (κ1) is 21.5. The Morgan fingerprint density at radius 1 is 1.06 bits per heavy atom. The fourth-order valence-electron chi connectivity index (χ4n) is 3.51. The summed E-state index contributed by atoms with van der Waals surface area (Å²) in [6.45, 7) is 3.34. The Balaban J connectivity index is 1.42. The van der Waals surface area contributed by atoms with Crippen LogP contribution in [0.5, 0.6) is 5.75 Å². The molecule has 0 unspecified atom stereocenters. The van der Waals surface area contributed by atoms with Crippen LogP contribution in [0.15, 0.2) is 66.7 Å². The number of nitrogens with one attached hydrogen (secondary N) is 1. The number of fused-ring (bicyclic) bond motifs is 1. The van der Waals surface area contributed by atoms with Gasteiger partial charge in [-0.15, -0.1) is 0 Å². The van der Waals surface area contributed by atoms with E-state index in [1.165, 1.54) is 5.56 Å². The highest BCUT2D eigenvalue weighted by molar-refractivity contribution is 5.94. The van der Waals surface area contributed by atoms with Gasteiger partial charge in [-0.2, -0.15) is 0 Å². The highest BCUT2D eigenvalue weighted by atomic mass is 19.1. The lowest BCUT2D eigenvalue weighted by Gasteiger charge is -2.12. The van der Waals surface area contributed by atoms with Crippen molar-refractivity contribution in [2.75, 3.05) is 13.2 Å². The Labute approximate surface area is 184 Å². The van der Waals surface area contributed by atoms with Crippen molar-refractivity contribution in [3.8, 4) is 5.75 Å². The van der Waals surface area contributed by atoms with E-state index in [1.807, 2.05) is 55.5 Å². The maximum Gasteiger partial charge on any atom is 0.254 e. The summed E-state index contributed by atoms with van der Waals surface area (Å²) in [6, 6.07) is 18.6. The summed E-state index contributed by atoms with van der Waals surface area (Å²) < 4.78 is 34.8. The number of benzene rings is 3. The number of hydrogen-bond acceptors (Lipinski definition) is 3. The van der Waals surface area contributed by atoms with Gasteiger partial charge in [0.05, 0.1) is 23.1 Å². The maximum absolute atomic E-state index is 13.8. The fourth-order valence-corrected chi connectivity index (χ4v) is 3.51. The van der Waals surface area contributed by atoms with Gasteiger partial charge in [-0.05, 0) is 43.3 Å². The number of rotatable bonds is 8. The zero-order valence-corrected chi connectivity index (χ0v) is 17.6. The van der Waals surface area contributed by atoms with Crippen LogP contribution in [0.25, 0.3) is 11.0 Å². The predicted molar refractivity (Wildman–Crippen MR) is 119 cm³/mol. The average Bonchev–Trinajstić information content (AvgIpc) is 3.12. The van der Waals surface area contributed by atoms with E-state index in [4.69, 9.17) is 4.74 Å². The lowest BCUT2D eigenvalue weighted by atomic mass is 10.2. The number of ether oxygens (including phenoxy) is 1. The number of carbonyl (C=O) groups excluding carboxylic acids is 1. The molecule has 0 saturated carbocycles. The van der Waals surface area contributed by atoms with Crippen molar-refractivity contribution in [3.63, 3.8) is 0 Å². The molecule has 4 aromatic rings. The summed E-state index contributed by atoms with van der Waals surface area (Å²) in [5, 5.41) is 2.68. The normalized spacial score (nSPS) is 11.0. The molecular formula is C25H23F2N3O2. The zero-order valence-electron chi connectivity index (χ0n) is 17.6. The Morgan fingerprint density at radius 3 is 2.62 bits per heavy atom. The first-order valence-electron chi connectivity index (χ1n) is 10.4. The van der Waals surface area contributed by atoms with E-state index in [1.54, 1.807) is 0 Å². The van der Waals surface area contributed by atoms with Crippen LogP contribution in [-0.2, 0) is 13.0 Å². The van der Waals surface area contributed by atoms with Gasteiger partial charge < -0.3 is 14.6 Å². The standard InChI is InChI=1S/C25H23F2N3O2/c1-17-6-9-19(10-7-17)32-15-14-30-23-5-3-2-4-22(23)29-24(30)12-13-28-25(31)20-11-8-18(26)16-21(20)27/h2-11,16H,12-15H2,1H3,(H,28,31). The lowest BCUT2D eigenvalue weighted by Crippen LogP contribution is -2.27. The van der Waals surface area contributed by atoms with Crippen LogP contribution in [0.4, 0.5) is 8.78 Å². The maximum atomic E-state index is 13.8. The summed E-state index contributed by atoms with van der Waals surface area (Å²) in [6.07, 6.45) is 0.452. The van der Waals surface area contributed by atoms with Gasteiger partial charge >= 0.3 is 0 Å². The molecule has 0 atom stereocenters. The van der Waals surface area contributed by atoms with E-state index in [9.17, 15) is 13.6 Å². The van der Waals surface area contributed by atoms with Crippen LogP contribution in [0.2, 0.25) is 0 Å². The molecule has 164 valence electrons. The predicted octanol–water partition coefficient (Wildman–Crippen LogP) is 4.67. The average molecular weight is 435 g/mol. The fraction of sp³-hybridized carbons (Fsp3) is 0.200. The second-order valence-corrected chi connectivity index (χ2v) is 7.46. The van der Waals surface area contributed by atoms with Crippen molar-refractivity contribution < 1.29 is 18.3 Å². The van der Waals surface area contributed by atoms with E-state index < -0.39 is 17.5 Å². The summed E-state index contributed by atoms with van der Waals surface area (Å²) in [5.41, 5.74) is 2.81. The van der Waals surface area contributed by atoms with Crippen molar-refractivity contribution in [3.05, 3.63) is 95.3 Å². The van der Waals surface area contributed by atoms with E-state index >= 15 is 0 Å². The minimum absolute atomic E-state index is 0.189. The molecule has 0 aliphatic heterocycles. The monoisotopic (exact) mass is 435 g/mol. The summed E-state index contributed by atoms with van der Waals surface area (Å²) >= 11 is 0. The minimum atomic E-state index is -0.886. The zero-order chi connectivity index (χ0) is 22.5. The van der Waals surface area contributed by atoms with Gasteiger partial charge in [0.2, 0.25) is 0 Å². The van der Waals surface area contributed by atoms with Gasteiger partial charge in [0, 0.05) is 19.0 Å². The molecule has 0 aliphatic rings. The summed E-state index contributed by atoms with van der Waals surface area (Å²) in [7, 11) is 0. The number of hydrogen-bond donors (Lipinski definition) is 1. The molecule has 3 aromatic carbocycles. The quantitative estimate of drug-likeness (QED) is 0.437. The number of para-hydroxylation sites is 2. The largest absolute Gasteiger partial charge is 0.492 e. The molecule has 1 amide bonds. The molecule has 1 N–H and O–H groups in total.